The molecule has 4 rings (SSSR count). The van der Waals surface area contributed by atoms with Crippen LogP contribution >= 0.6 is 0 Å². The summed E-state index contributed by atoms with van der Waals surface area (Å²) < 4.78 is 9.31. The van der Waals surface area contributed by atoms with E-state index >= 15 is 0 Å². The maximum absolute atomic E-state index is 12.2. The third-order valence-corrected chi connectivity index (χ3v) is 5.57. The number of nitrogens with two attached hydrogens (primary N) is 1. The fraction of sp³-hybridized carbons (Fsp3) is 0.500. The molecule has 8 heteroatoms. The lowest BCUT2D eigenvalue weighted by Gasteiger charge is -2.33. The average molecular weight is 411 g/mol. The molecule has 0 bridgehead atoms. The van der Waals surface area contributed by atoms with Crippen LogP contribution in [0.4, 0.5) is 10.5 Å². The van der Waals surface area contributed by atoms with Crippen LogP contribution in [0, 0.1) is 5.92 Å². The Balaban J connectivity index is 1.40. The number of rotatable bonds is 3. The summed E-state index contributed by atoms with van der Waals surface area (Å²) in [6, 6.07) is 4.03. The summed E-state index contributed by atoms with van der Waals surface area (Å²) in [6.07, 6.45) is 7.40. The number of ether oxygens (including phenoxy) is 1. The third kappa shape index (κ3) is 4.27. The quantitative estimate of drug-likeness (QED) is 0.665. The molecule has 3 heterocycles. The number of amides is 1. The summed E-state index contributed by atoms with van der Waals surface area (Å²) >= 11 is 0. The van der Waals surface area contributed by atoms with E-state index < -0.39 is 5.60 Å². The highest BCUT2D eigenvalue weighted by atomic mass is 16.6. The van der Waals surface area contributed by atoms with Crippen LogP contribution in [0.3, 0.4) is 0 Å². The van der Waals surface area contributed by atoms with Crippen molar-refractivity contribution in [3.63, 3.8) is 0 Å². The number of carbonyl (C=O) groups excluding carboxylic acids is 1. The molecular formula is C22H30N6O2. The first kappa shape index (κ1) is 20.3. The Bertz CT molecular complexity index is 1050. The summed E-state index contributed by atoms with van der Waals surface area (Å²) in [5.41, 5.74) is 9.56. The molecule has 1 aromatic carbocycles. The van der Waals surface area contributed by atoms with E-state index in [0.717, 1.165) is 60.2 Å². The van der Waals surface area contributed by atoms with E-state index in [0.29, 0.717) is 5.92 Å². The third-order valence-electron chi connectivity index (χ3n) is 5.57. The van der Waals surface area contributed by atoms with Crippen LogP contribution in [0.15, 0.2) is 30.7 Å². The van der Waals surface area contributed by atoms with Crippen molar-refractivity contribution in [2.45, 2.75) is 45.8 Å². The Hall–Kier alpha value is -3.03. The molecule has 2 N–H and O–H groups in total. The van der Waals surface area contributed by atoms with Crippen molar-refractivity contribution in [3.8, 4) is 11.1 Å². The smallest absolute Gasteiger partial charge is 0.410 e. The minimum Gasteiger partial charge on any atom is -0.444 e. The summed E-state index contributed by atoms with van der Waals surface area (Å²) in [4.78, 5) is 14.0. The SMILES string of the molecule is Cn1ncc2cc(N)c(-c3cnn(CC4CCN(C(=O)OC(C)(C)C)CC4)c3)cc21. The largest absolute Gasteiger partial charge is 0.444 e. The van der Waals surface area contributed by atoms with Gasteiger partial charge in [0.1, 0.15) is 5.60 Å². The molecule has 0 spiro atoms. The number of anilines is 1. The van der Waals surface area contributed by atoms with E-state index in [-0.39, 0.29) is 6.09 Å². The van der Waals surface area contributed by atoms with Gasteiger partial charge in [-0.2, -0.15) is 10.2 Å². The van der Waals surface area contributed by atoms with E-state index in [9.17, 15) is 4.79 Å². The van der Waals surface area contributed by atoms with Gasteiger partial charge in [0.05, 0.1) is 17.9 Å². The van der Waals surface area contributed by atoms with Crippen LogP contribution in [-0.4, -0.2) is 49.2 Å². The second-order valence-corrected chi connectivity index (χ2v) is 9.13. The fourth-order valence-electron chi connectivity index (χ4n) is 3.96. The van der Waals surface area contributed by atoms with Crippen molar-refractivity contribution in [1.82, 2.24) is 24.5 Å². The summed E-state index contributed by atoms with van der Waals surface area (Å²) in [6.45, 7) is 7.95. The standard InChI is InChI=1S/C22H30N6O2/c1-22(2,3)30-21(29)27-7-5-15(6-8-27)13-28-14-17(12-25-28)18-10-20-16(9-19(18)23)11-24-26(20)4/h9-12,14-15H,5-8,13,23H2,1-4H3. The molecule has 3 aromatic rings. The molecular weight excluding hydrogens is 380 g/mol. The van der Waals surface area contributed by atoms with E-state index in [1.165, 1.54) is 0 Å². The predicted octanol–water partition coefficient (Wildman–Crippen LogP) is 3.67. The maximum atomic E-state index is 12.2. The minimum atomic E-state index is -0.459. The van der Waals surface area contributed by atoms with E-state index in [4.69, 9.17) is 10.5 Å². The molecule has 0 radical (unpaired) electrons. The Morgan fingerprint density at radius 2 is 1.93 bits per heavy atom. The van der Waals surface area contributed by atoms with E-state index in [2.05, 4.69) is 16.3 Å². The Morgan fingerprint density at radius 1 is 1.20 bits per heavy atom. The lowest BCUT2D eigenvalue weighted by Crippen LogP contribution is -2.42. The second-order valence-electron chi connectivity index (χ2n) is 9.13. The van der Waals surface area contributed by atoms with Crippen molar-refractivity contribution >= 4 is 22.7 Å². The highest BCUT2D eigenvalue weighted by Crippen LogP contribution is 2.30. The molecule has 8 nitrogen and oxygen atoms in total. The van der Waals surface area contributed by atoms with Crippen molar-refractivity contribution in [2.75, 3.05) is 18.8 Å². The number of aryl methyl sites for hydroxylation is 1. The zero-order valence-electron chi connectivity index (χ0n) is 18.1. The number of likely N-dealkylation sites (tertiary alicyclic amines) is 1. The van der Waals surface area contributed by atoms with Gasteiger partial charge < -0.3 is 15.4 Å². The number of aromatic nitrogens is 4. The molecule has 160 valence electrons. The highest BCUT2D eigenvalue weighted by molar-refractivity contribution is 5.91. The van der Waals surface area contributed by atoms with E-state index in [1.807, 2.05) is 61.8 Å². The number of benzene rings is 1. The van der Waals surface area contributed by atoms with Crippen LogP contribution in [-0.2, 0) is 18.3 Å². The van der Waals surface area contributed by atoms with Crippen LogP contribution in [0.5, 0.6) is 0 Å². The lowest BCUT2D eigenvalue weighted by atomic mass is 9.97. The van der Waals surface area contributed by atoms with Crippen LogP contribution in [0.25, 0.3) is 22.0 Å². The topological polar surface area (TPSA) is 91.2 Å². The number of hydrogen-bond acceptors (Lipinski definition) is 5. The average Bonchev–Trinajstić information content (AvgIpc) is 3.27. The first-order valence-electron chi connectivity index (χ1n) is 10.4. The molecule has 0 aliphatic carbocycles. The van der Waals surface area contributed by atoms with Gasteiger partial charge in [-0.05, 0) is 51.7 Å². The van der Waals surface area contributed by atoms with Gasteiger partial charge in [-0.15, -0.1) is 0 Å². The molecule has 1 saturated heterocycles. The molecule has 0 atom stereocenters. The Morgan fingerprint density at radius 3 is 2.63 bits per heavy atom. The number of fused-ring (bicyclic) bond motifs is 1. The summed E-state index contributed by atoms with van der Waals surface area (Å²) in [5.74, 6) is 0.480. The molecule has 1 amide bonds. The highest BCUT2D eigenvalue weighted by Gasteiger charge is 2.27. The van der Waals surface area contributed by atoms with Gasteiger partial charge >= 0.3 is 6.09 Å². The number of nitrogens with zero attached hydrogens (tertiary/aromatic N) is 5. The van der Waals surface area contributed by atoms with Crippen molar-refractivity contribution in [1.29, 1.82) is 0 Å². The van der Waals surface area contributed by atoms with E-state index in [1.54, 1.807) is 4.90 Å². The van der Waals surface area contributed by atoms with Gasteiger partial charge in [-0.1, -0.05) is 0 Å². The summed E-state index contributed by atoms with van der Waals surface area (Å²) in [5, 5.41) is 9.88. The summed E-state index contributed by atoms with van der Waals surface area (Å²) in [7, 11) is 1.93. The van der Waals surface area contributed by atoms with Crippen molar-refractivity contribution in [3.05, 3.63) is 30.7 Å². The molecule has 2 aromatic heterocycles. The number of nitrogen functional groups attached to an aromatic ring is 1. The second kappa shape index (κ2) is 7.66. The monoisotopic (exact) mass is 410 g/mol. The Kier molecular flexibility index (Phi) is 5.17. The number of carbonyl (C=O) groups is 1. The van der Waals surface area contributed by atoms with Gasteiger partial charge in [0.2, 0.25) is 0 Å². The first-order chi connectivity index (χ1) is 14.2. The van der Waals surface area contributed by atoms with Gasteiger partial charge in [0.25, 0.3) is 0 Å². The van der Waals surface area contributed by atoms with Crippen LogP contribution in [0.2, 0.25) is 0 Å². The molecule has 1 aliphatic heterocycles. The van der Waals surface area contributed by atoms with Gasteiger partial charge in [0.15, 0.2) is 0 Å². The zero-order chi connectivity index (χ0) is 21.5. The fourth-order valence-corrected chi connectivity index (χ4v) is 3.96. The lowest BCUT2D eigenvalue weighted by molar-refractivity contribution is 0.0177. The van der Waals surface area contributed by atoms with Crippen molar-refractivity contribution in [2.24, 2.45) is 13.0 Å². The number of piperidine rings is 1. The van der Waals surface area contributed by atoms with Gasteiger partial charge in [-0.25, -0.2) is 4.79 Å². The molecule has 0 saturated carbocycles. The van der Waals surface area contributed by atoms with Crippen molar-refractivity contribution < 1.29 is 9.53 Å². The van der Waals surface area contributed by atoms with Gasteiger partial charge in [0, 0.05) is 55.1 Å². The zero-order valence-corrected chi connectivity index (χ0v) is 18.1. The number of hydrogen-bond donors (Lipinski definition) is 1. The molecule has 1 aliphatic rings. The normalized spacial score (nSPS) is 15.7. The maximum Gasteiger partial charge on any atom is 0.410 e. The van der Waals surface area contributed by atoms with Crippen LogP contribution < -0.4 is 5.73 Å². The minimum absolute atomic E-state index is 0.219. The molecule has 1 fully saturated rings. The Labute approximate surface area is 176 Å². The first-order valence-corrected chi connectivity index (χ1v) is 10.4. The molecule has 30 heavy (non-hydrogen) atoms. The molecule has 0 unspecified atom stereocenters. The predicted molar refractivity (Wildman–Crippen MR) is 117 cm³/mol. The van der Waals surface area contributed by atoms with Gasteiger partial charge in [-0.3, -0.25) is 9.36 Å². The van der Waals surface area contributed by atoms with Crippen LogP contribution in [0.1, 0.15) is 33.6 Å².